The van der Waals surface area contributed by atoms with Crippen molar-refractivity contribution in [2.45, 2.75) is 62.7 Å². The van der Waals surface area contributed by atoms with Crippen molar-refractivity contribution < 1.29 is 44.1 Å². The van der Waals surface area contributed by atoms with Gasteiger partial charge in [-0.2, -0.15) is 11.8 Å². The fourth-order valence-electron chi connectivity index (χ4n) is 2.89. The molecular formula is C20H35N7O9S. The van der Waals surface area contributed by atoms with E-state index in [4.69, 9.17) is 27.4 Å². The first-order chi connectivity index (χ1) is 17.3. The molecule has 0 radical (unpaired) electrons. The topological polar surface area (TPSA) is 290 Å². The van der Waals surface area contributed by atoms with E-state index in [0.717, 1.165) is 0 Å². The lowest BCUT2D eigenvalue weighted by Gasteiger charge is -2.24. The summed E-state index contributed by atoms with van der Waals surface area (Å²) in [6.07, 6.45) is 0.557. The third-order valence-corrected chi connectivity index (χ3v) is 5.47. The van der Waals surface area contributed by atoms with Gasteiger partial charge in [-0.25, -0.2) is 4.79 Å². The van der Waals surface area contributed by atoms with E-state index in [-0.39, 0.29) is 25.3 Å². The summed E-state index contributed by atoms with van der Waals surface area (Å²) in [5.41, 5.74) is 16.3. The first-order valence-electron chi connectivity index (χ1n) is 11.2. The zero-order chi connectivity index (χ0) is 28.5. The zero-order valence-electron chi connectivity index (χ0n) is 20.3. The van der Waals surface area contributed by atoms with Gasteiger partial charge in [-0.05, 0) is 37.7 Å². The Balaban J connectivity index is 5.40. The molecule has 0 aliphatic rings. The van der Waals surface area contributed by atoms with Crippen molar-refractivity contribution >= 4 is 53.4 Å². The Labute approximate surface area is 217 Å². The van der Waals surface area contributed by atoms with Crippen LogP contribution in [-0.2, 0) is 28.8 Å². The van der Waals surface area contributed by atoms with Crippen molar-refractivity contribution in [2.24, 2.45) is 22.2 Å². The van der Waals surface area contributed by atoms with Crippen LogP contribution in [0.25, 0.3) is 0 Å². The number of rotatable bonds is 19. The quantitative estimate of drug-likeness (QED) is 0.0441. The number of nitrogens with one attached hydrogen (secondary N) is 3. The van der Waals surface area contributed by atoms with Gasteiger partial charge in [-0.15, -0.1) is 0 Å². The Morgan fingerprint density at radius 2 is 1.38 bits per heavy atom. The number of nitrogens with zero attached hydrogens (tertiary/aromatic N) is 1. The molecule has 17 heteroatoms. The number of carbonyl (C=O) groups excluding carboxylic acids is 3. The van der Waals surface area contributed by atoms with Crippen molar-refractivity contribution in [3.05, 3.63) is 0 Å². The van der Waals surface area contributed by atoms with Crippen molar-refractivity contribution in [1.82, 2.24) is 16.0 Å². The summed E-state index contributed by atoms with van der Waals surface area (Å²) in [5, 5.41) is 33.9. The maximum Gasteiger partial charge on any atom is 0.326 e. The second kappa shape index (κ2) is 17.8. The summed E-state index contributed by atoms with van der Waals surface area (Å²) >= 11 is 1.37. The van der Waals surface area contributed by atoms with Gasteiger partial charge in [0.05, 0.1) is 12.5 Å². The molecule has 0 bridgehead atoms. The molecule has 0 saturated heterocycles. The summed E-state index contributed by atoms with van der Waals surface area (Å²) in [6.45, 7) is 0.246. The summed E-state index contributed by atoms with van der Waals surface area (Å²) in [4.78, 5) is 75.1. The molecule has 0 rings (SSSR count). The number of hydrogen-bond donors (Lipinski definition) is 9. The molecule has 0 aromatic rings. The number of aliphatic carboxylic acids is 3. The molecule has 37 heavy (non-hydrogen) atoms. The zero-order valence-corrected chi connectivity index (χ0v) is 21.2. The van der Waals surface area contributed by atoms with E-state index >= 15 is 0 Å². The van der Waals surface area contributed by atoms with Gasteiger partial charge in [0.15, 0.2) is 5.96 Å². The molecule has 4 atom stereocenters. The highest BCUT2D eigenvalue weighted by atomic mass is 32.2. The van der Waals surface area contributed by atoms with Gasteiger partial charge in [-0.1, -0.05) is 0 Å². The van der Waals surface area contributed by atoms with Gasteiger partial charge >= 0.3 is 17.9 Å². The van der Waals surface area contributed by atoms with E-state index in [1.54, 1.807) is 6.26 Å². The average Bonchev–Trinajstić information content (AvgIpc) is 2.80. The number of aliphatic imine (C=N–C) groups is 1. The predicted molar refractivity (Wildman–Crippen MR) is 133 cm³/mol. The summed E-state index contributed by atoms with van der Waals surface area (Å²) < 4.78 is 0. The minimum Gasteiger partial charge on any atom is -0.481 e. The molecule has 0 spiro atoms. The van der Waals surface area contributed by atoms with E-state index in [2.05, 4.69) is 15.6 Å². The first kappa shape index (κ1) is 33.4. The summed E-state index contributed by atoms with van der Waals surface area (Å²) in [7, 11) is 0. The van der Waals surface area contributed by atoms with Gasteiger partial charge < -0.3 is 48.5 Å². The highest BCUT2D eigenvalue weighted by molar-refractivity contribution is 7.98. The van der Waals surface area contributed by atoms with Gasteiger partial charge in [0, 0.05) is 13.0 Å². The fourth-order valence-corrected chi connectivity index (χ4v) is 3.36. The van der Waals surface area contributed by atoms with Crippen LogP contribution >= 0.6 is 11.8 Å². The van der Waals surface area contributed by atoms with Crippen LogP contribution in [0.5, 0.6) is 0 Å². The minimum absolute atomic E-state index is 0.108. The lowest BCUT2D eigenvalue weighted by Crippen LogP contribution is -2.57. The molecule has 0 aliphatic heterocycles. The molecule has 0 aliphatic carbocycles. The van der Waals surface area contributed by atoms with E-state index in [1.807, 2.05) is 5.32 Å². The number of carboxylic acids is 3. The molecule has 4 unspecified atom stereocenters. The van der Waals surface area contributed by atoms with E-state index in [1.165, 1.54) is 11.8 Å². The van der Waals surface area contributed by atoms with Crippen molar-refractivity contribution in [3.63, 3.8) is 0 Å². The second-order valence-corrected chi connectivity index (χ2v) is 8.87. The van der Waals surface area contributed by atoms with Gasteiger partial charge in [0.25, 0.3) is 0 Å². The minimum atomic E-state index is -1.70. The van der Waals surface area contributed by atoms with Crippen LogP contribution < -0.4 is 33.2 Å². The molecule has 12 N–H and O–H groups in total. The first-order valence-corrected chi connectivity index (χ1v) is 12.5. The van der Waals surface area contributed by atoms with Crippen molar-refractivity contribution in [1.29, 1.82) is 0 Å². The van der Waals surface area contributed by atoms with Gasteiger partial charge in [0.1, 0.15) is 18.1 Å². The molecule has 3 amide bonds. The van der Waals surface area contributed by atoms with Crippen LogP contribution in [-0.4, -0.2) is 99.6 Å². The maximum absolute atomic E-state index is 12.9. The molecule has 0 aromatic carbocycles. The van der Waals surface area contributed by atoms with E-state index in [0.29, 0.717) is 12.2 Å². The Kier molecular flexibility index (Phi) is 16.0. The Bertz CT molecular complexity index is 852. The molecule has 0 heterocycles. The average molecular weight is 550 g/mol. The van der Waals surface area contributed by atoms with Crippen LogP contribution in [0.1, 0.15) is 38.5 Å². The molecule has 0 saturated carbocycles. The highest BCUT2D eigenvalue weighted by Crippen LogP contribution is 2.06. The summed E-state index contributed by atoms with van der Waals surface area (Å²) in [5.74, 6) is -6.66. The van der Waals surface area contributed by atoms with E-state index < -0.39 is 79.1 Å². The van der Waals surface area contributed by atoms with Crippen molar-refractivity contribution in [2.75, 3.05) is 18.6 Å². The monoisotopic (exact) mass is 549 g/mol. The number of nitrogens with two attached hydrogens (primary N) is 3. The normalized spacial score (nSPS) is 13.8. The van der Waals surface area contributed by atoms with Crippen LogP contribution in [0.3, 0.4) is 0 Å². The van der Waals surface area contributed by atoms with Gasteiger partial charge in [-0.3, -0.25) is 29.0 Å². The smallest absolute Gasteiger partial charge is 0.326 e. The standard InChI is InChI=1S/C20H35N7O9S/c1-37-8-6-11(25-16(32)10(21)3-2-7-24-20(22)23)17(33)27-13(9-15(30)31)18(34)26-12(19(35)36)4-5-14(28)29/h10-13H,2-9,21H2,1H3,(H,25,32)(H,26,34)(H,27,33)(H,28,29)(H,30,31)(H,35,36)(H4,22,23,24). The molecule has 210 valence electrons. The molecular weight excluding hydrogens is 514 g/mol. The lowest BCUT2D eigenvalue weighted by molar-refractivity contribution is -0.144. The Morgan fingerprint density at radius 3 is 1.89 bits per heavy atom. The van der Waals surface area contributed by atoms with Crippen LogP contribution in [0.2, 0.25) is 0 Å². The summed E-state index contributed by atoms with van der Waals surface area (Å²) in [6, 6.07) is -5.49. The predicted octanol–water partition coefficient (Wildman–Crippen LogP) is -3.00. The molecule has 0 fully saturated rings. The van der Waals surface area contributed by atoms with Crippen LogP contribution in [0.15, 0.2) is 4.99 Å². The second-order valence-electron chi connectivity index (χ2n) is 7.89. The van der Waals surface area contributed by atoms with Crippen LogP contribution in [0.4, 0.5) is 0 Å². The number of guanidine groups is 1. The third-order valence-electron chi connectivity index (χ3n) is 4.82. The number of amides is 3. The highest BCUT2D eigenvalue weighted by Gasteiger charge is 2.31. The number of thioether (sulfide) groups is 1. The fraction of sp³-hybridized carbons (Fsp3) is 0.650. The van der Waals surface area contributed by atoms with Crippen molar-refractivity contribution in [3.8, 4) is 0 Å². The number of hydrogen-bond acceptors (Lipinski definition) is 9. The third kappa shape index (κ3) is 15.2. The molecule has 0 aromatic heterocycles. The number of carbonyl (C=O) groups is 6. The SMILES string of the molecule is CSCCC(NC(=O)C(N)CCCN=C(N)N)C(=O)NC(CC(=O)O)C(=O)NC(CCC(=O)O)C(=O)O. The van der Waals surface area contributed by atoms with Crippen LogP contribution in [0, 0.1) is 0 Å². The Hall–Kier alpha value is -3.60. The number of carboxylic acid groups (broad SMARTS) is 3. The maximum atomic E-state index is 12.9. The largest absolute Gasteiger partial charge is 0.481 e. The Morgan fingerprint density at radius 1 is 0.811 bits per heavy atom. The van der Waals surface area contributed by atoms with Gasteiger partial charge in [0.2, 0.25) is 17.7 Å². The van der Waals surface area contributed by atoms with E-state index in [9.17, 15) is 33.9 Å². The lowest BCUT2D eigenvalue weighted by atomic mass is 10.1. The molecule has 16 nitrogen and oxygen atoms in total.